The van der Waals surface area contributed by atoms with Crippen molar-refractivity contribution in [1.29, 1.82) is 0 Å². The molecule has 1 atom stereocenters. The highest BCUT2D eigenvalue weighted by Gasteiger charge is 2.10. The smallest absolute Gasteiger partial charge is 0.365 e. The van der Waals surface area contributed by atoms with E-state index in [4.69, 9.17) is 12.5 Å². The maximum atomic E-state index is 10.6. The number of hydrogen-bond donors (Lipinski definition) is 1. The maximum absolute atomic E-state index is 10.6. The van der Waals surface area contributed by atoms with Gasteiger partial charge in [0.15, 0.2) is 34.5 Å². The largest absolute Gasteiger partial charge is 0.423 e. The van der Waals surface area contributed by atoms with Crippen molar-refractivity contribution in [1.82, 2.24) is 0 Å². The minimum absolute atomic E-state index is 0.309. The van der Waals surface area contributed by atoms with E-state index in [2.05, 4.69) is 0 Å². The zero-order valence-electron chi connectivity index (χ0n) is 7.70. The van der Waals surface area contributed by atoms with Crippen LogP contribution >= 0.6 is 31.3 Å². The average Bonchev–Trinajstić information content (AvgIpc) is 2.01. The Labute approximate surface area is 96.9 Å². The second-order valence-corrected chi connectivity index (χ2v) is 4.03. The van der Waals surface area contributed by atoms with Crippen LogP contribution in [0.4, 0.5) is 0 Å². The lowest BCUT2D eigenvalue weighted by Gasteiger charge is -2.10. The van der Waals surface area contributed by atoms with E-state index in [1.165, 1.54) is 0 Å². The first kappa shape index (κ1) is 11.8. The van der Waals surface area contributed by atoms with Gasteiger partial charge in [-0.25, -0.2) is 4.57 Å². The number of benzene rings is 1. The summed E-state index contributed by atoms with van der Waals surface area (Å²) in [7, 11) is -2.99. The van der Waals surface area contributed by atoms with Crippen molar-refractivity contribution in [2.24, 2.45) is 0 Å². The summed E-state index contributed by atoms with van der Waals surface area (Å²) in [6, 6.07) is 3.58. The van der Waals surface area contributed by atoms with Gasteiger partial charge in [0.1, 0.15) is 0 Å². The van der Waals surface area contributed by atoms with Crippen LogP contribution in [0.25, 0.3) is 0 Å². The van der Waals surface area contributed by atoms with E-state index in [1.807, 2.05) is 19.9 Å². The Morgan fingerprint density at radius 3 is 2.57 bits per heavy atom. The van der Waals surface area contributed by atoms with Crippen LogP contribution in [0.3, 0.4) is 0 Å². The number of aryl methyl sites for hydroxylation is 2. The van der Waals surface area contributed by atoms with Gasteiger partial charge in [0.25, 0.3) is 0 Å². The summed E-state index contributed by atoms with van der Waals surface area (Å²) in [5.74, 6) is 0.798. The summed E-state index contributed by atoms with van der Waals surface area (Å²) < 4.78 is 20.4. The van der Waals surface area contributed by atoms with Gasteiger partial charge in [-0.1, -0.05) is 6.07 Å². The van der Waals surface area contributed by atoms with Gasteiger partial charge in [-0.3, -0.25) is 0 Å². The quantitative estimate of drug-likeness (QED) is 0.685. The molecule has 0 aliphatic carbocycles. The minimum atomic E-state index is -2.99. The van der Waals surface area contributed by atoms with Crippen LogP contribution < -0.4 is 7.59 Å². The van der Waals surface area contributed by atoms with Crippen LogP contribution in [-0.4, -0.2) is 4.89 Å². The number of hydrogen-bond acceptors (Lipinski definition) is 3. The van der Waals surface area contributed by atoms with Gasteiger partial charge in [-0.05, 0) is 31.0 Å². The second-order valence-electron chi connectivity index (χ2n) is 2.85. The predicted molar refractivity (Wildman–Crippen MR) is 62.4 cm³/mol. The lowest BCUT2D eigenvalue weighted by Crippen LogP contribution is -1.89. The third-order valence-corrected chi connectivity index (χ3v) is 2.49. The third kappa shape index (κ3) is 2.87. The van der Waals surface area contributed by atoms with Gasteiger partial charge in [0, 0.05) is 0 Å². The van der Waals surface area contributed by atoms with E-state index in [-0.39, 0.29) is 0 Å². The van der Waals surface area contributed by atoms with Crippen molar-refractivity contribution in [2.75, 3.05) is 0 Å². The molecule has 0 aliphatic rings. The number of rotatable bonds is 3. The van der Waals surface area contributed by atoms with E-state index in [0.29, 0.717) is 11.5 Å². The summed E-state index contributed by atoms with van der Waals surface area (Å²) in [6.45, 7) is 3.73. The second kappa shape index (κ2) is 5.00. The molecule has 4 nitrogen and oxygen atoms in total. The first-order valence-corrected chi connectivity index (χ1v) is 5.99. The zero-order valence-corrected chi connectivity index (χ0v) is 10.9. The van der Waals surface area contributed by atoms with Gasteiger partial charge in [0.2, 0.25) is 0 Å². The molecular weight excluding hydrogens is 318 g/mol. The lowest BCUT2D eigenvalue weighted by molar-refractivity contribution is 0.405. The van der Waals surface area contributed by atoms with Crippen molar-refractivity contribution in [3.8, 4) is 11.5 Å². The van der Waals surface area contributed by atoms with E-state index < -0.39 is 8.25 Å². The third-order valence-electron chi connectivity index (χ3n) is 1.66. The Morgan fingerprint density at radius 1 is 1.43 bits per heavy atom. The topological polar surface area (TPSA) is 55.8 Å². The Morgan fingerprint density at radius 2 is 2.07 bits per heavy atom. The molecule has 14 heavy (non-hydrogen) atoms. The molecule has 0 bridgehead atoms. The summed E-state index contributed by atoms with van der Waals surface area (Å²) in [4.78, 5) is 8.67. The Kier molecular flexibility index (Phi) is 4.22. The van der Waals surface area contributed by atoms with Crippen LogP contribution in [0, 0.1) is 13.8 Å². The standard InChI is InChI=1S/C8H10IO4P/c1-5-3-6(2)8(12-9)7(4-5)13-14(10)11/h3-4,14H,1-2H3,(H,10,11). The average molecular weight is 328 g/mol. The molecule has 0 saturated carbocycles. The predicted octanol–water partition coefficient (Wildman–Crippen LogP) is 2.79. The first-order chi connectivity index (χ1) is 6.54. The molecular formula is C8H10IO4P. The molecule has 1 unspecified atom stereocenters. The van der Waals surface area contributed by atoms with Crippen molar-refractivity contribution in [2.45, 2.75) is 13.8 Å². The van der Waals surface area contributed by atoms with Crippen molar-refractivity contribution >= 4 is 31.3 Å². The Bertz CT molecular complexity index is 367. The molecule has 0 heterocycles. The van der Waals surface area contributed by atoms with Crippen LogP contribution in [-0.2, 0) is 4.57 Å². The molecule has 0 fully saturated rings. The van der Waals surface area contributed by atoms with Gasteiger partial charge in [0.05, 0.1) is 0 Å². The normalized spacial score (nSPS) is 12.3. The van der Waals surface area contributed by atoms with Crippen LogP contribution in [0.1, 0.15) is 11.1 Å². The highest BCUT2D eigenvalue weighted by atomic mass is 127. The maximum Gasteiger partial charge on any atom is 0.365 e. The molecule has 1 aromatic rings. The van der Waals surface area contributed by atoms with E-state index in [9.17, 15) is 4.57 Å². The molecule has 0 aliphatic heterocycles. The monoisotopic (exact) mass is 328 g/mol. The Balaban J connectivity index is 3.17. The van der Waals surface area contributed by atoms with Crippen LogP contribution in [0.5, 0.6) is 11.5 Å². The van der Waals surface area contributed by atoms with E-state index >= 15 is 0 Å². The Hall–Kier alpha value is -0.260. The van der Waals surface area contributed by atoms with Crippen LogP contribution in [0.2, 0.25) is 0 Å². The SMILES string of the molecule is Cc1cc(C)c(OI)c(O[PH](=O)O)c1. The molecule has 1 rings (SSSR count). The van der Waals surface area contributed by atoms with Crippen molar-refractivity contribution < 1.29 is 17.0 Å². The molecule has 1 N–H and O–H groups in total. The molecule has 6 heteroatoms. The van der Waals surface area contributed by atoms with Gasteiger partial charge in [-0.2, -0.15) is 0 Å². The van der Waals surface area contributed by atoms with Crippen LogP contribution in [0.15, 0.2) is 12.1 Å². The molecule has 0 amide bonds. The first-order valence-electron chi connectivity index (χ1n) is 3.85. The van der Waals surface area contributed by atoms with Gasteiger partial charge < -0.3 is 12.5 Å². The fourth-order valence-electron chi connectivity index (χ4n) is 1.18. The summed E-state index contributed by atoms with van der Waals surface area (Å²) >= 11 is 1.71. The number of halogens is 1. The highest BCUT2D eigenvalue weighted by Crippen LogP contribution is 2.37. The molecule has 0 spiro atoms. The van der Waals surface area contributed by atoms with E-state index in [1.54, 1.807) is 29.1 Å². The molecule has 0 saturated heterocycles. The molecule has 78 valence electrons. The lowest BCUT2D eigenvalue weighted by atomic mass is 10.1. The molecule has 1 aromatic carbocycles. The molecule has 0 aromatic heterocycles. The molecule has 0 radical (unpaired) electrons. The van der Waals surface area contributed by atoms with Crippen molar-refractivity contribution in [3.05, 3.63) is 23.3 Å². The van der Waals surface area contributed by atoms with E-state index in [0.717, 1.165) is 11.1 Å². The minimum Gasteiger partial charge on any atom is -0.423 e. The summed E-state index contributed by atoms with van der Waals surface area (Å²) in [6.07, 6.45) is 0. The summed E-state index contributed by atoms with van der Waals surface area (Å²) in [5.41, 5.74) is 1.83. The van der Waals surface area contributed by atoms with Crippen molar-refractivity contribution in [3.63, 3.8) is 0 Å². The highest BCUT2D eigenvalue weighted by molar-refractivity contribution is 14.1. The van der Waals surface area contributed by atoms with Gasteiger partial charge >= 0.3 is 8.25 Å². The fraction of sp³-hybridized carbons (Fsp3) is 0.250. The zero-order chi connectivity index (χ0) is 10.7. The summed E-state index contributed by atoms with van der Waals surface area (Å²) in [5, 5.41) is 0. The van der Waals surface area contributed by atoms with Gasteiger partial charge in [-0.15, -0.1) is 0 Å². The fourth-order valence-corrected chi connectivity index (χ4v) is 2.09.